The van der Waals surface area contributed by atoms with Crippen molar-refractivity contribution in [3.8, 4) is 0 Å². The van der Waals surface area contributed by atoms with E-state index in [-0.39, 0.29) is 0 Å². The molecule has 2 rings (SSSR count). The molecular weight excluding hydrogens is 253 g/mol. The van der Waals surface area contributed by atoms with Crippen LogP contribution < -0.4 is 5.73 Å². The van der Waals surface area contributed by atoms with Crippen LogP contribution in [-0.2, 0) is 0 Å². The Kier molecular flexibility index (Phi) is 3.72. The van der Waals surface area contributed by atoms with Crippen molar-refractivity contribution in [3.63, 3.8) is 0 Å². The molecule has 0 aliphatic heterocycles. The second-order valence-corrected chi connectivity index (χ2v) is 4.51. The van der Waals surface area contributed by atoms with E-state index in [4.69, 9.17) is 28.9 Å². The zero-order valence-electron chi connectivity index (χ0n) is 9.03. The van der Waals surface area contributed by atoms with E-state index in [9.17, 15) is 0 Å². The fourth-order valence-corrected chi connectivity index (χ4v) is 1.82. The summed E-state index contributed by atoms with van der Waals surface area (Å²) in [5.74, 6) is 0. The van der Waals surface area contributed by atoms with Crippen molar-refractivity contribution in [2.45, 2.75) is 0 Å². The van der Waals surface area contributed by atoms with E-state index in [0.717, 1.165) is 16.1 Å². The molecule has 0 spiro atoms. The van der Waals surface area contributed by atoms with Gasteiger partial charge in [0.05, 0.1) is 0 Å². The van der Waals surface area contributed by atoms with E-state index in [1.807, 2.05) is 48.6 Å². The van der Waals surface area contributed by atoms with Gasteiger partial charge in [-0.05, 0) is 35.4 Å². The van der Waals surface area contributed by atoms with Crippen molar-refractivity contribution in [3.05, 3.63) is 63.6 Å². The van der Waals surface area contributed by atoms with Gasteiger partial charge in [0.1, 0.15) is 0 Å². The van der Waals surface area contributed by atoms with Crippen LogP contribution in [0.5, 0.6) is 0 Å². The molecule has 0 saturated carbocycles. The topological polar surface area (TPSA) is 26.0 Å². The normalized spacial score (nSPS) is 10.9. The van der Waals surface area contributed by atoms with Gasteiger partial charge in [-0.3, -0.25) is 0 Å². The van der Waals surface area contributed by atoms with Crippen molar-refractivity contribution in [1.29, 1.82) is 0 Å². The molecule has 0 saturated heterocycles. The summed E-state index contributed by atoms with van der Waals surface area (Å²) < 4.78 is 0. The highest BCUT2D eigenvalue weighted by atomic mass is 35.5. The molecule has 17 heavy (non-hydrogen) atoms. The predicted octanol–water partition coefficient (Wildman–Crippen LogP) is 4.75. The summed E-state index contributed by atoms with van der Waals surface area (Å²) >= 11 is 11.9. The zero-order valence-corrected chi connectivity index (χ0v) is 10.5. The molecule has 0 aliphatic rings. The van der Waals surface area contributed by atoms with E-state index >= 15 is 0 Å². The highest BCUT2D eigenvalue weighted by Crippen LogP contribution is 2.21. The average Bonchev–Trinajstić information content (AvgIpc) is 2.30. The lowest BCUT2D eigenvalue weighted by molar-refractivity contribution is 1.63. The van der Waals surface area contributed by atoms with Crippen LogP contribution in [0.3, 0.4) is 0 Å². The molecular formula is C14H11Cl2N. The summed E-state index contributed by atoms with van der Waals surface area (Å²) in [4.78, 5) is 0. The minimum absolute atomic E-state index is 0.648. The Hall–Kier alpha value is -1.44. The molecule has 86 valence electrons. The molecule has 0 aromatic heterocycles. The SMILES string of the molecule is Nc1ccc(/C=C/c2ccc(Cl)cc2)c(Cl)c1. The van der Waals surface area contributed by atoms with E-state index in [1.54, 1.807) is 6.07 Å². The molecule has 0 aliphatic carbocycles. The molecule has 0 heterocycles. The second kappa shape index (κ2) is 5.26. The smallest absolute Gasteiger partial charge is 0.0498 e. The number of nitrogens with two attached hydrogens (primary N) is 1. The summed E-state index contributed by atoms with van der Waals surface area (Å²) in [6.45, 7) is 0. The van der Waals surface area contributed by atoms with Crippen molar-refractivity contribution in [2.75, 3.05) is 5.73 Å². The van der Waals surface area contributed by atoms with Gasteiger partial charge in [0.25, 0.3) is 0 Å². The van der Waals surface area contributed by atoms with Gasteiger partial charge in [-0.1, -0.05) is 53.6 Å². The predicted molar refractivity (Wildman–Crippen MR) is 76.2 cm³/mol. The van der Waals surface area contributed by atoms with Crippen LogP contribution in [0.1, 0.15) is 11.1 Å². The van der Waals surface area contributed by atoms with E-state index in [2.05, 4.69) is 0 Å². The van der Waals surface area contributed by atoms with Gasteiger partial charge < -0.3 is 5.73 Å². The van der Waals surface area contributed by atoms with E-state index in [1.165, 1.54) is 0 Å². The molecule has 0 bridgehead atoms. The van der Waals surface area contributed by atoms with Crippen LogP contribution in [0.15, 0.2) is 42.5 Å². The maximum Gasteiger partial charge on any atom is 0.0498 e. The van der Waals surface area contributed by atoms with Crippen LogP contribution in [-0.4, -0.2) is 0 Å². The first-order chi connectivity index (χ1) is 8.15. The van der Waals surface area contributed by atoms with Crippen LogP contribution >= 0.6 is 23.2 Å². The van der Waals surface area contributed by atoms with Gasteiger partial charge in [-0.25, -0.2) is 0 Å². The molecule has 0 atom stereocenters. The maximum atomic E-state index is 6.07. The number of nitrogen functional groups attached to an aromatic ring is 1. The van der Waals surface area contributed by atoms with Gasteiger partial charge >= 0.3 is 0 Å². The average molecular weight is 264 g/mol. The number of rotatable bonds is 2. The Bertz CT molecular complexity index is 545. The third-order valence-electron chi connectivity index (χ3n) is 2.35. The number of anilines is 1. The molecule has 1 nitrogen and oxygen atoms in total. The number of benzene rings is 2. The Morgan fingerprint density at radius 2 is 1.59 bits per heavy atom. The number of hydrogen-bond donors (Lipinski definition) is 1. The van der Waals surface area contributed by atoms with Gasteiger partial charge in [0, 0.05) is 15.7 Å². The van der Waals surface area contributed by atoms with Crippen LogP contribution in [0.25, 0.3) is 12.2 Å². The highest BCUT2D eigenvalue weighted by Gasteiger charge is 1.96. The van der Waals surface area contributed by atoms with Gasteiger partial charge in [-0.15, -0.1) is 0 Å². The van der Waals surface area contributed by atoms with Crippen molar-refractivity contribution >= 4 is 41.0 Å². The summed E-state index contributed by atoms with van der Waals surface area (Å²) in [6.07, 6.45) is 3.93. The Balaban J connectivity index is 2.23. The van der Waals surface area contributed by atoms with Crippen molar-refractivity contribution in [2.24, 2.45) is 0 Å². The van der Waals surface area contributed by atoms with E-state index in [0.29, 0.717) is 10.7 Å². The highest BCUT2D eigenvalue weighted by molar-refractivity contribution is 6.32. The summed E-state index contributed by atoms with van der Waals surface area (Å²) in [5, 5.41) is 1.38. The molecule has 0 amide bonds. The molecule has 0 radical (unpaired) electrons. The largest absolute Gasteiger partial charge is 0.399 e. The molecule has 3 heteroatoms. The fourth-order valence-electron chi connectivity index (χ4n) is 1.44. The molecule has 2 aromatic rings. The van der Waals surface area contributed by atoms with Gasteiger partial charge in [0.2, 0.25) is 0 Å². The summed E-state index contributed by atoms with van der Waals surface area (Å²) in [5.41, 5.74) is 8.31. The van der Waals surface area contributed by atoms with Crippen LogP contribution in [0.4, 0.5) is 5.69 Å². The minimum atomic E-state index is 0.648. The first-order valence-corrected chi connectivity index (χ1v) is 5.89. The quantitative estimate of drug-likeness (QED) is 0.615. The van der Waals surface area contributed by atoms with Crippen LogP contribution in [0, 0.1) is 0 Å². The molecule has 0 unspecified atom stereocenters. The van der Waals surface area contributed by atoms with Gasteiger partial charge in [0.15, 0.2) is 0 Å². The fraction of sp³-hybridized carbons (Fsp3) is 0. The van der Waals surface area contributed by atoms with Crippen molar-refractivity contribution in [1.82, 2.24) is 0 Å². The lowest BCUT2D eigenvalue weighted by Crippen LogP contribution is -1.84. The maximum absolute atomic E-state index is 6.07. The third kappa shape index (κ3) is 3.26. The number of halogens is 2. The lowest BCUT2D eigenvalue weighted by Gasteiger charge is -2.00. The Morgan fingerprint density at radius 1 is 0.882 bits per heavy atom. The zero-order chi connectivity index (χ0) is 12.3. The Labute approximate surface area is 110 Å². The summed E-state index contributed by atoms with van der Waals surface area (Å²) in [7, 11) is 0. The Morgan fingerprint density at radius 3 is 2.24 bits per heavy atom. The third-order valence-corrected chi connectivity index (χ3v) is 2.93. The second-order valence-electron chi connectivity index (χ2n) is 3.67. The first kappa shape index (κ1) is 12.0. The van der Waals surface area contributed by atoms with E-state index < -0.39 is 0 Å². The molecule has 0 fully saturated rings. The first-order valence-electron chi connectivity index (χ1n) is 5.14. The standard InChI is InChI=1S/C14H11Cl2N/c15-12-6-2-10(3-7-12)1-4-11-5-8-13(17)9-14(11)16/h1-9H,17H2/b4-1+. The van der Waals surface area contributed by atoms with Crippen LogP contribution in [0.2, 0.25) is 10.0 Å². The number of hydrogen-bond acceptors (Lipinski definition) is 1. The lowest BCUT2D eigenvalue weighted by atomic mass is 10.1. The molecule has 2 aromatic carbocycles. The van der Waals surface area contributed by atoms with Gasteiger partial charge in [-0.2, -0.15) is 0 Å². The van der Waals surface area contributed by atoms with Crippen molar-refractivity contribution < 1.29 is 0 Å². The monoisotopic (exact) mass is 263 g/mol. The molecule has 2 N–H and O–H groups in total. The minimum Gasteiger partial charge on any atom is -0.399 e. The summed E-state index contributed by atoms with van der Waals surface area (Å²) in [6, 6.07) is 13.1.